The number of hydrogen-bond acceptors (Lipinski definition) is 6. The van der Waals surface area contributed by atoms with E-state index < -0.39 is 0 Å². The zero-order valence-electron chi connectivity index (χ0n) is 13.4. The average Bonchev–Trinajstić information content (AvgIpc) is 3.00. The number of carbonyl (C=O) groups excluding carboxylic acids is 1. The molecule has 1 unspecified atom stereocenters. The van der Waals surface area contributed by atoms with Crippen LogP contribution in [0.4, 0.5) is 0 Å². The second kappa shape index (κ2) is 6.87. The van der Waals surface area contributed by atoms with E-state index in [0.717, 1.165) is 24.2 Å². The molecule has 7 heteroatoms. The molecule has 0 aromatic carbocycles. The maximum atomic E-state index is 12.7. The number of ether oxygens (including phenoxy) is 1. The molecule has 1 atom stereocenters. The first-order valence-electron chi connectivity index (χ1n) is 7.72. The van der Waals surface area contributed by atoms with Gasteiger partial charge in [-0.25, -0.2) is 4.98 Å². The molecular formula is C16H20N4O3. The predicted octanol–water partition coefficient (Wildman–Crippen LogP) is 1.56. The minimum absolute atomic E-state index is 0.00200. The van der Waals surface area contributed by atoms with Gasteiger partial charge in [-0.1, -0.05) is 0 Å². The van der Waals surface area contributed by atoms with Gasteiger partial charge in [0.05, 0.1) is 36.3 Å². The molecule has 1 fully saturated rings. The first kappa shape index (κ1) is 15.6. The highest BCUT2D eigenvalue weighted by molar-refractivity contribution is 5.92. The lowest BCUT2D eigenvalue weighted by atomic mass is 10.1. The van der Waals surface area contributed by atoms with Crippen molar-refractivity contribution in [1.82, 2.24) is 19.9 Å². The molecule has 7 nitrogen and oxygen atoms in total. The van der Waals surface area contributed by atoms with E-state index in [4.69, 9.17) is 9.15 Å². The van der Waals surface area contributed by atoms with E-state index in [1.807, 2.05) is 11.8 Å². The standard InChI is InChI=1S/C16H20N4O3/c1-11-14(18-6-5-17-11)4-3-13-9-22-8-7-20(13)16(21)15-12(2)19-10-23-15/h5-6,10,13H,3-4,7-9H2,1-2H3. The summed E-state index contributed by atoms with van der Waals surface area (Å²) < 4.78 is 10.8. The number of aromatic nitrogens is 3. The Morgan fingerprint density at radius 1 is 1.26 bits per heavy atom. The first-order chi connectivity index (χ1) is 11.2. The van der Waals surface area contributed by atoms with Gasteiger partial charge in [-0.15, -0.1) is 0 Å². The molecule has 23 heavy (non-hydrogen) atoms. The highest BCUT2D eigenvalue weighted by Crippen LogP contribution is 2.18. The molecule has 3 rings (SSSR count). The van der Waals surface area contributed by atoms with E-state index in [2.05, 4.69) is 15.0 Å². The molecule has 0 bridgehead atoms. The zero-order valence-corrected chi connectivity index (χ0v) is 13.4. The minimum atomic E-state index is -0.121. The summed E-state index contributed by atoms with van der Waals surface area (Å²) in [4.78, 5) is 27.1. The fourth-order valence-electron chi connectivity index (χ4n) is 2.78. The van der Waals surface area contributed by atoms with Crippen molar-refractivity contribution < 1.29 is 13.9 Å². The topological polar surface area (TPSA) is 81.4 Å². The van der Waals surface area contributed by atoms with Gasteiger partial charge in [0.25, 0.3) is 5.91 Å². The van der Waals surface area contributed by atoms with Gasteiger partial charge in [0.1, 0.15) is 0 Å². The van der Waals surface area contributed by atoms with Crippen molar-refractivity contribution in [3.8, 4) is 0 Å². The first-order valence-corrected chi connectivity index (χ1v) is 7.72. The third-order valence-electron chi connectivity index (χ3n) is 4.13. The maximum Gasteiger partial charge on any atom is 0.291 e. The van der Waals surface area contributed by atoms with Gasteiger partial charge in [-0.3, -0.25) is 14.8 Å². The Balaban J connectivity index is 1.70. The number of oxazole rings is 1. The van der Waals surface area contributed by atoms with Crippen LogP contribution in [0.5, 0.6) is 0 Å². The van der Waals surface area contributed by atoms with Gasteiger partial charge in [-0.05, 0) is 26.7 Å². The van der Waals surface area contributed by atoms with Crippen LogP contribution in [-0.2, 0) is 11.2 Å². The lowest BCUT2D eigenvalue weighted by Crippen LogP contribution is -2.49. The third kappa shape index (κ3) is 3.39. The Labute approximate surface area is 134 Å². The average molecular weight is 316 g/mol. The summed E-state index contributed by atoms with van der Waals surface area (Å²) in [6, 6.07) is 0.00200. The summed E-state index contributed by atoms with van der Waals surface area (Å²) in [6.07, 6.45) is 6.22. The molecule has 3 heterocycles. The Morgan fingerprint density at radius 2 is 2.09 bits per heavy atom. The number of morpholine rings is 1. The lowest BCUT2D eigenvalue weighted by molar-refractivity contribution is -0.00571. The van der Waals surface area contributed by atoms with Gasteiger partial charge in [0.15, 0.2) is 6.39 Å². The molecule has 1 aliphatic heterocycles. The van der Waals surface area contributed by atoms with E-state index in [0.29, 0.717) is 31.2 Å². The second-order valence-electron chi connectivity index (χ2n) is 5.62. The quantitative estimate of drug-likeness (QED) is 0.851. The molecule has 0 aliphatic carbocycles. The van der Waals surface area contributed by atoms with Crippen molar-refractivity contribution in [2.24, 2.45) is 0 Å². The van der Waals surface area contributed by atoms with Gasteiger partial charge in [0, 0.05) is 18.9 Å². The minimum Gasteiger partial charge on any atom is -0.438 e. The van der Waals surface area contributed by atoms with Crippen LogP contribution in [0.2, 0.25) is 0 Å². The predicted molar refractivity (Wildman–Crippen MR) is 82.0 cm³/mol. The molecule has 1 aliphatic rings. The van der Waals surface area contributed by atoms with E-state index in [9.17, 15) is 4.79 Å². The van der Waals surface area contributed by atoms with Gasteiger partial charge >= 0.3 is 0 Å². The third-order valence-corrected chi connectivity index (χ3v) is 4.13. The fourth-order valence-corrected chi connectivity index (χ4v) is 2.78. The van der Waals surface area contributed by atoms with E-state index >= 15 is 0 Å². The molecule has 0 radical (unpaired) electrons. The van der Waals surface area contributed by atoms with Crippen LogP contribution in [-0.4, -0.2) is 51.6 Å². The summed E-state index contributed by atoms with van der Waals surface area (Å²) in [5.41, 5.74) is 2.50. The molecule has 0 spiro atoms. The molecule has 1 amide bonds. The van der Waals surface area contributed by atoms with Gasteiger partial charge < -0.3 is 14.1 Å². The highest BCUT2D eigenvalue weighted by atomic mass is 16.5. The molecule has 122 valence electrons. The number of aryl methyl sites for hydroxylation is 3. The number of carbonyl (C=O) groups is 1. The van der Waals surface area contributed by atoms with Crippen molar-refractivity contribution in [3.63, 3.8) is 0 Å². The normalized spacial score (nSPS) is 18.2. The van der Waals surface area contributed by atoms with E-state index in [-0.39, 0.29) is 11.9 Å². The summed E-state index contributed by atoms with van der Waals surface area (Å²) in [7, 11) is 0. The molecule has 2 aromatic heterocycles. The molecule has 2 aromatic rings. The van der Waals surface area contributed by atoms with Crippen LogP contribution < -0.4 is 0 Å². The number of amides is 1. The van der Waals surface area contributed by atoms with Crippen molar-refractivity contribution in [1.29, 1.82) is 0 Å². The van der Waals surface area contributed by atoms with Crippen LogP contribution in [0.15, 0.2) is 23.2 Å². The van der Waals surface area contributed by atoms with Crippen molar-refractivity contribution in [2.75, 3.05) is 19.8 Å². The molecule has 1 saturated heterocycles. The lowest BCUT2D eigenvalue weighted by Gasteiger charge is -2.35. The van der Waals surface area contributed by atoms with Crippen LogP contribution >= 0.6 is 0 Å². The molecular weight excluding hydrogens is 296 g/mol. The SMILES string of the molecule is Cc1nccnc1CCC1COCCN1C(=O)c1ocnc1C. The van der Waals surface area contributed by atoms with Gasteiger partial charge in [-0.2, -0.15) is 0 Å². The zero-order chi connectivity index (χ0) is 16.2. The highest BCUT2D eigenvalue weighted by Gasteiger charge is 2.30. The van der Waals surface area contributed by atoms with E-state index in [1.54, 1.807) is 19.3 Å². The van der Waals surface area contributed by atoms with Crippen molar-refractivity contribution in [2.45, 2.75) is 32.7 Å². The Bertz CT molecular complexity index is 685. The Hall–Kier alpha value is -2.28. The monoisotopic (exact) mass is 316 g/mol. The van der Waals surface area contributed by atoms with Crippen molar-refractivity contribution in [3.05, 3.63) is 41.6 Å². The summed E-state index contributed by atoms with van der Waals surface area (Å²) in [5, 5.41) is 0. The molecule has 0 N–H and O–H groups in total. The van der Waals surface area contributed by atoms with Gasteiger partial charge in [0.2, 0.25) is 5.76 Å². The summed E-state index contributed by atoms with van der Waals surface area (Å²) >= 11 is 0. The fraction of sp³-hybridized carbons (Fsp3) is 0.500. The van der Waals surface area contributed by atoms with Crippen LogP contribution in [0.25, 0.3) is 0 Å². The molecule has 0 saturated carbocycles. The summed E-state index contributed by atoms with van der Waals surface area (Å²) in [6.45, 7) is 5.34. The maximum absolute atomic E-state index is 12.7. The number of rotatable bonds is 4. The number of nitrogens with zero attached hydrogens (tertiary/aromatic N) is 4. The number of hydrogen-bond donors (Lipinski definition) is 0. The largest absolute Gasteiger partial charge is 0.438 e. The van der Waals surface area contributed by atoms with E-state index in [1.165, 1.54) is 6.39 Å². The second-order valence-corrected chi connectivity index (χ2v) is 5.62. The Morgan fingerprint density at radius 3 is 2.83 bits per heavy atom. The van der Waals surface area contributed by atoms with Crippen molar-refractivity contribution >= 4 is 5.91 Å². The Kier molecular flexibility index (Phi) is 4.66. The summed E-state index contributed by atoms with van der Waals surface area (Å²) in [5.74, 6) is 0.191. The van der Waals surface area contributed by atoms with Crippen LogP contribution in [0.1, 0.15) is 34.1 Å². The smallest absolute Gasteiger partial charge is 0.291 e. The van der Waals surface area contributed by atoms with Crippen LogP contribution in [0.3, 0.4) is 0 Å². The van der Waals surface area contributed by atoms with Crippen LogP contribution in [0, 0.1) is 13.8 Å².